The van der Waals surface area contributed by atoms with Gasteiger partial charge in [0.15, 0.2) is 0 Å². The molecule has 1 aliphatic rings. The number of primary amides is 1. The lowest BCUT2D eigenvalue weighted by Gasteiger charge is -2.33. The van der Waals surface area contributed by atoms with Crippen molar-refractivity contribution in [2.24, 2.45) is 5.73 Å². The molecule has 3 rings (SSSR count). The van der Waals surface area contributed by atoms with Crippen LogP contribution in [0.1, 0.15) is 47.9 Å². The van der Waals surface area contributed by atoms with Crippen LogP contribution in [0.5, 0.6) is 0 Å². The molecule has 0 bridgehead atoms. The van der Waals surface area contributed by atoms with Crippen molar-refractivity contribution in [3.05, 3.63) is 35.9 Å². The SMILES string of the molecule is CC(C(=O)N1CCC(c2cc(C(N)=O)n[nH]2)CC1)n1cccn1. The molecule has 2 aromatic rings. The van der Waals surface area contributed by atoms with Crippen LogP contribution in [0.15, 0.2) is 24.5 Å². The minimum Gasteiger partial charge on any atom is -0.364 e. The predicted octanol–water partition coefficient (Wildman–Crippen LogP) is 0.672. The largest absolute Gasteiger partial charge is 0.364 e. The number of H-pyrrole nitrogens is 1. The van der Waals surface area contributed by atoms with Crippen molar-refractivity contribution in [2.45, 2.75) is 31.7 Å². The lowest BCUT2D eigenvalue weighted by molar-refractivity contribution is -0.135. The number of aromatic nitrogens is 4. The van der Waals surface area contributed by atoms with Crippen LogP contribution < -0.4 is 5.73 Å². The van der Waals surface area contributed by atoms with Crippen LogP contribution in [0, 0.1) is 0 Å². The first-order valence-electron chi connectivity index (χ1n) is 7.69. The van der Waals surface area contributed by atoms with Crippen LogP contribution in [0.4, 0.5) is 0 Å². The molecule has 1 unspecified atom stereocenters. The van der Waals surface area contributed by atoms with Crippen molar-refractivity contribution in [1.82, 2.24) is 24.9 Å². The Kier molecular flexibility index (Phi) is 4.14. The number of amides is 2. The van der Waals surface area contributed by atoms with Gasteiger partial charge in [-0.25, -0.2) is 0 Å². The number of aromatic amines is 1. The average Bonchev–Trinajstić information content (AvgIpc) is 3.25. The smallest absolute Gasteiger partial charge is 0.269 e. The van der Waals surface area contributed by atoms with E-state index in [-0.39, 0.29) is 23.6 Å². The molecular formula is C15H20N6O2. The summed E-state index contributed by atoms with van der Waals surface area (Å²) in [5.74, 6) is -0.192. The Balaban J connectivity index is 1.59. The zero-order valence-electron chi connectivity index (χ0n) is 13.0. The van der Waals surface area contributed by atoms with E-state index in [0.29, 0.717) is 13.1 Å². The van der Waals surface area contributed by atoms with Crippen LogP contribution in [0.3, 0.4) is 0 Å². The molecule has 0 aliphatic carbocycles. The van der Waals surface area contributed by atoms with Crippen molar-refractivity contribution in [3.8, 4) is 0 Å². The average molecular weight is 316 g/mol. The third kappa shape index (κ3) is 3.10. The number of carbonyl (C=O) groups excluding carboxylic acids is 2. The lowest BCUT2D eigenvalue weighted by atomic mass is 9.93. The van der Waals surface area contributed by atoms with Crippen LogP contribution in [0.25, 0.3) is 0 Å². The van der Waals surface area contributed by atoms with Gasteiger partial charge < -0.3 is 10.6 Å². The number of likely N-dealkylation sites (tertiary alicyclic amines) is 1. The van der Waals surface area contributed by atoms with Gasteiger partial charge in [0.1, 0.15) is 11.7 Å². The highest BCUT2D eigenvalue weighted by atomic mass is 16.2. The van der Waals surface area contributed by atoms with Crippen molar-refractivity contribution < 1.29 is 9.59 Å². The molecule has 2 amide bonds. The first kappa shape index (κ1) is 15.3. The van der Waals surface area contributed by atoms with E-state index < -0.39 is 5.91 Å². The van der Waals surface area contributed by atoms with Gasteiger partial charge >= 0.3 is 0 Å². The van der Waals surface area contributed by atoms with Gasteiger partial charge in [-0.1, -0.05) is 0 Å². The van der Waals surface area contributed by atoms with E-state index in [4.69, 9.17) is 5.73 Å². The third-order valence-corrected chi connectivity index (χ3v) is 4.38. The maximum absolute atomic E-state index is 12.5. The van der Waals surface area contributed by atoms with E-state index in [1.54, 1.807) is 23.1 Å². The summed E-state index contributed by atoms with van der Waals surface area (Å²) in [5, 5.41) is 10.9. The van der Waals surface area contributed by atoms with Crippen LogP contribution in [0.2, 0.25) is 0 Å². The number of piperidine rings is 1. The van der Waals surface area contributed by atoms with Gasteiger partial charge in [-0.3, -0.25) is 19.4 Å². The van der Waals surface area contributed by atoms with Gasteiger partial charge in [-0.05, 0) is 31.9 Å². The van der Waals surface area contributed by atoms with E-state index in [2.05, 4.69) is 15.3 Å². The Morgan fingerprint density at radius 2 is 2.13 bits per heavy atom. The minimum absolute atomic E-state index is 0.0783. The molecule has 3 N–H and O–H groups in total. The molecule has 122 valence electrons. The Morgan fingerprint density at radius 1 is 1.39 bits per heavy atom. The van der Waals surface area contributed by atoms with E-state index in [1.165, 1.54) is 0 Å². The number of nitrogens with zero attached hydrogens (tertiary/aromatic N) is 4. The molecule has 0 spiro atoms. The van der Waals surface area contributed by atoms with Gasteiger partial charge in [0.05, 0.1) is 0 Å². The summed E-state index contributed by atoms with van der Waals surface area (Å²) in [6.45, 7) is 3.22. The van der Waals surface area contributed by atoms with Gasteiger partial charge in [-0.15, -0.1) is 0 Å². The third-order valence-electron chi connectivity index (χ3n) is 4.38. The van der Waals surface area contributed by atoms with E-state index in [0.717, 1.165) is 18.5 Å². The van der Waals surface area contributed by atoms with Crippen molar-refractivity contribution >= 4 is 11.8 Å². The predicted molar refractivity (Wildman–Crippen MR) is 82.6 cm³/mol. The number of nitrogens with two attached hydrogens (primary N) is 1. The Morgan fingerprint density at radius 3 is 2.70 bits per heavy atom. The molecule has 1 saturated heterocycles. The number of carbonyl (C=O) groups is 2. The lowest BCUT2D eigenvalue weighted by Crippen LogP contribution is -2.41. The van der Waals surface area contributed by atoms with Crippen LogP contribution in [-0.4, -0.2) is 49.8 Å². The number of hydrogen-bond donors (Lipinski definition) is 2. The fourth-order valence-corrected chi connectivity index (χ4v) is 2.97. The normalized spacial score (nSPS) is 17.2. The second-order valence-corrected chi connectivity index (χ2v) is 5.83. The number of hydrogen-bond acceptors (Lipinski definition) is 4. The maximum atomic E-state index is 12.5. The maximum Gasteiger partial charge on any atom is 0.269 e. The standard InChI is InChI=1S/C15H20N6O2/c1-10(21-6-2-5-17-21)15(23)20-7-3-11(4-8-20)12-9-13(14(16)22)19-18-12/h2,5-6,9-11H,3-4,7-8H2,1H3,(H2,16,22)(H,18,19). The molecule has 0 saturated carbocycles. The first-order chi connectivity index (χ1) is 11.1. The summed E-state index contributed by atoms with van der Waals surface area (Å²) in [4.78, 5) is 25.5. The van der Waals surface area contributed by atoms with Gasteiger partial charge in [0.2, 0.25) is 5.91 Å². The number of rotatable bonds is 4. The van der Waals surface area contributed by atoms with Crippen molar-refractivity contribution in [1.29, 1.82) is 0 Å². The Bertz CT molecular complexity index is 685. The molecule has 1 atom stereocenters. The van der Waals surface area contributed by atoms with Crippen LogP contribution in [-0.2, 0) is 4.79 Å². The number of nitrogens with one attached hydrogen (secondary N) is 1. The highest BCUT2D eigenvalue weighted by Gasteiger charge is 2.28. The Labute approximate surface area is 133 Å². The van der Waals surface area contributed by atoms with Gasteiger partial charge in [0.25, 0.3) is 5.91 Å². The monoisotopic (exact) mass is 316 g/mol. The fraction of sp³-hybridized carbons (Fsp3) is 0.467. The van der Waals surface area contributed by atoms with E-state index in [1.807, 2.05) is 17.9 Å². The molecule has 1 aliphatic heterocycles. The molecule has 8 nitrogen and oxygen atoms in total. The zero-order chi connectivity index (χ0) is 16.4. The fourth-order valence-electron chi connectivity index (χ4n) is 2.97. The van der Waals surface area contributed by atoms with Gasteiger partial charge in [-0.2, -0.15) is 10.2 Å². The minimum atomic E-state index is -0.534. The second-order valence-electron chi connectivity index (χ2n) is 5.83. The molecule has 2 aromatic heterocycles. The van der Waals surface area contributed by atoms with Crippen molar-refractivity contribution in [3.63, 3.8) is 0 Å². The highest BCUT2D eigenvalue weighted by molar-refractivity contribution is 5.90. The summed E-state index contributed by atoms with van der Waals surface area (Å²) >= 11 is 0. The molecule has 23 heavy (non-hydrogen) atoms. The molecular weight excluding hydrogens is 296 g/mol. The topological polar surface area (TPSA) is 110 Å². The van der Waals surface area contributed by atoms with E-state index in [9.17, 15) is 9.59 Å². The summed E-state index contributed by atoms with van der Waals surface area (Å²) < 4.78 is 1.67. The summed E-state index contributed by atoms with van der Waals surface area (Å²) in [6.07, 6.45) is 5.13. The Hall–Kier alpha value is -2.64. The summed E-state index contributed by atoms with van der Waals surface area (Å²) in [5.41, 5.74) is 6.38. The molecule has 1 fully saturated rings. The zero-order valence-corrected chi connectivity index (χ0v) is 13.0. The molecule has 3 heterocycles. The first-order valence-corrected chi connectivity index (χ1v) is 7.69. The molecule has 0 aromatic carbocycles. The molecule has 8 heteroatoms. The summed E-state index contributed by atoms with van der Waals surface area (Å²) in [7, 11) is 0. The van der Waals surface area contributed by atoms with Crippen LogP contribution >= 0.6 is 0 Å². The van der Waals surface area contributed by atoms with Gasteiger partial charge in [0, 0.05) is 37.1 Å². The quantitative estimate of drug-likeness (QED) is 0.863. The highest BCUT2D eigenvalue weighted by Crippen LogP contribution is 2.28. The van der Waals surface area contributed by atoms with E-state index >= 15 is 0 Å². The summed E-state index contributed by atoms with van der Waals surface area (Å²) in [6, 6.07) is 3.22. The second kappa shape index (κ2) is 6.23. The molecule has 0 radical (unpaired) electrons. The van der Waals surface area contributed by atoms with Crippen molar-refractivity contribution in [2.75, 3.05) is 13.1 Å².